The molecule has 0 bridgehead atoms. The number of hydrogen-bond acceptors (Lipinski definition) is 1. The van der Waals surface area contributed by atoms with E-state index in [-0.39, 0.29) is 18.9 Å². The van der Waals surface area contributed by atoms with Crippen LogP contribution in [0.15, 0.2) is 0 Å². The zero-order valence-electron chi connectivity index (χ0n) is 5.74. The summed E-state index contributed by atoms with van der Waals surface area (Å²) in [7, 11) is 0. The van der Waals surface area contributed by atoms with Gasteiger partial charge in [0.1, 0.15) is 0 Å². The van der Waals surface area contributed by atoms with E-state index in [1.54, 1.807) is 0 Å². The molecule has 3 heteroatoms. The average molecular weight is 147 g/mol. The summed E-state index contributed by atoms with van der Waals surface area (Å²) in [5, 5.41) is 0. The van der Waals surface area contributed by atoms with Gasteiger partial charge in [0, 0.05) is 13.0 Å². The Bertz CT molecular complexity index is 165. The molecule has 2 fully saturated rings. The molecule has 1 unspecified atom stereocenters. The second kappa shape index (κ2) is 1.52. The van der Waals surface area contributed by atoms with E-state index < -0.39 is 11.3 Å². The quantitative estimate of drug-likeness (QED) is 0.627. The molecule has 2 aliphatic rings. The molecule has 2 N–H and O–H groups in total. The lowest BCUT2D eigenvalue weighted by atomic mass is 10.0. The molecule has 1 atom stereocenters. The summed E-state index contributed by atoms with van der Waals surface area (Å²) in [4.78, 5) is 0. The van der Waals surface area contributed by atoms with Crippen LogP contribution in [0.2, 0.25) is 0 Å². The minimum absolute atomic E-state index is 0.0428. The van der Waals surface area contributed by atoms with Crippen LogP contribution in [-0.4, -0.2) is 12.5 Å². The Hall–Kier alpha value is -0.180. The van der Waals surface area contributed by atoms with E-state index in [0.717, 1.165) is 12.8 Å². The van der Waals surface area contributed by atoms with Crippen molar-refractivity contribution >= 4 is 0 Å². The standard InChI is InChI=1S/C7H11F2N/c8-7(9)3-6(7,4-10)5-1-2-5/h5H,1-4,10H2. The summed E-state index contributed by atoms with van der Waals surface area (Å²) < 4.78 is 25.3. The molecule has 0 aliphatic heterocycles. The van der Waals surface area contributed by atoms with Crippen molar-refractivity contribution in [1.29, 1.82) is 0 Å². The first-order valence-electron chi connectivity index (χ1n) is 3.70. The van der Waals surface area contributed by atoms with E-state index in [2.05, 4.69) is 0 Å². The van der Waals surface area contributed by atoms with Crippen LogP contribution in [0.25, 0.3) is 0 Å². The van der Waals surface area contributed by atoms with Crippen LogP contribution in [0.3, 0.4) is 0 Å². The van der Waals surface area contributed by atoms with Gasteiger partial charge in [-0.25, -0.2) is 8.78 Å². The van der Waals surface area contributed by atoms with E-state index in [0.29, 0.717) is 0 Å². The molecule has 0 spiro atoms. The third-order valence-electron chi connectivity index (χ3n) is 2.86. The smallest absolute Gasteiger partial charge is 0.256 e. The molecule has 0 aromatic carbocycles. The molecule has 0 aromatic rings. The van der Waals surface area contributed by atoms with Crippen LogP contribution in [0.1, 0.15) is 19.3 Å². The molecule has 0 saturated heterocycles. The van der Waals surface area contributed by atoms with Crippen molar-refractivity contribution < 1.29 is 8.78 Å². The number of nitrogens with two attached hydrogens (primary N) is 1. The van der Waals surface area contributed by atoms with Gasteiger partial charge in [-0.05, 0) is 18.8 Å². The highest BCUT2D eigenvalue weighted by Gasteiger charge is 2.75. The van der Waals surface area contributed by atoms with Crippen molar-refractivity contribution in [1.82, 2.24) is 0 Å². The van der Waals surface area contributed by atoms with Gasteiger partial charge < -0.3 is 5.73 Å². The normalized spacial score (nSPS) is 43.5. The van der Waals surface area contributed by atoms with Crippen molar-refractivity contribution in [3.05, 3.63) is 0 Å². The minimum atomic E-state index is -2.43. The number of hydrogen-bond donors (Lipinski definition) is 1. The number of rotatable bonds is 2. The van der Waals surface area contributed by atoms with Crippen molar-refractivity contribution in [3.63, 3.8) is 0 Å². The third kappa shape index (κ3) is 0.590. The summed E-state index contributed by atoms with van der Waals surface area (Å²) >= 11 is 0. The summed E-state index contributed by atoms with van der Waals surface area (Å²) in [5.74, 6) is -2.18. The molecule has 0 radical (unpaired) electrons. The summed E-state index contributed by atoms with van der Waals surface area (Å²) in [6.07, 6.45) is 1.97. The fraction of sp³-hybridized carbons (Fsp3) is 1.00. The van der Waals surface area contributed by atoms with Gasteiger partial charge in [0.2, 0.25) is 0 Å². The Morgan fingerprint density at radius 3 is 2.00 bits per heavy atom. The first-order chi connectivity index (χ1) is 4.62. The van der Waals surface area contributed by atoms with Crippen LogP contribution in [0, 0.1) is 11.3 Å². The first kappa shape index (κ1) is 6.53. The van der Waals surface area contributed by atoms with Gasteiger partial charge in [0.25, 0.3) is 5.92 Å². The summed E-state index contributed by atoms with van der Waals surface area (Å²) in [6.45, 7) is 0.171. The van der Waals surface area contributed by atoms with E-state index in [1.165, 1.54) is 0 Å². The van der Waals surface area contributed by atoms with Crippen molar-refractivity contribution in [3.8, 4) is 0 Å². The zero-order chi connectivity index (χ0) is 7.41. The van der Waals surface area contributed by atoms with Gasteiger partial charge in [0.05, 0.1) is 5.41 Å². The molecular formula is C7H11F2N. The van der Waals surface area contributed by atoms with Crippen molar-refractivity contribution in [2.75, 3.05) is 6.54 Å². The Labute approximate surface area is 58.6 Å². The third-order valence-corrected chi connectivity index (χ3v) is 2.86. The SMILES string of the molecule is NCC1(C2CC2)CC1(F)F. The fourth-order valence-corrected chi connectivity index (χ4v) is 1.82. The highest BCUT2D eigenvalue weighted by atomic mass is 19.3. The van der Waals surface area contributed by atoms with E-state index in [9.17, 15) is 8.78 Å². The summed E-state index contributed by atoms with van der Waals surface area (Å²) in [5.41, 5.74) is 4.55. The van der Waals surface area contributed by atoms with Gasteiger partial charge >= 0.3 is 0 Å². The largest absolute Gasteiger partial charge is 0.330 e. The van der Waals surface area contributed by atoms with E-state index in [4.69, 9.17) is 5.73 Å². The second-order valence-corrected chi connectivity index (χ2v) is 3.52. The van der Waals surface area contributed by atoms with Crippen LogP contribution < -0.4 is 5.73 Å². The minimum Gasteiger partial charge on any atom is -0.330 e. The van der Waals surface area contributed by atoms with Crippen molar-refractivity contribution in [2.45, 2.75) is 25.2 Å². The van der Waals surface area contributed by atoms with Gasteiger partial charge in [0.15, 0.2) is 0 Å². The molecular weight excluding hydrogens is 136 g/mol. The maximum Gasteiger partial charge on any atom is 0.256 e. The van der Waals surface area contributed by atoms with Crippen molar-refractivity contribution in [2.24, 2.45) is 17.1 Å². The molecule has 0 aromatic heterocycles. The Morgan fingerprint density at radius 2 is 1.90 bits per heavy atom. The molecule has 2 rings (SSSR count). The molecule has 58 valence electrons. The number of halogens is 2. The predicted octanol–water partition coefficient (Wildman–Crippen LogP) is 1.38. The first-order valence-corrected chi connectivity index (χ1v) is 3.70. The van der Waals surface area contributed by atoms with Crippen LogP contribution in [0.4, 0.5) is 8.78 Å². The van der Waals surface area contributed by atoms with Crippen LogP contribution in [0.5, 0.6) is 0 Å². The zero-order valence-corrected chi connectivity index (χ0v) is 5.74. The van der Waals surface area contributed by atoms with Crippen LogP contribution in [-0.2, 0) is 0 Å². The molecule has 2 aliphatic carbocycles. The molecule has 2 saturated carbocycles. The Balaban J connectivity index is 2.12. The molecule has 10 heavy (non-hydrogen) atoms. The maximum absolute atomic E-state index is 12.7. The van der Waals surface area contributed by atoms with Gasteiger partial charge in [-0.2, -0.15) is 0 Å². The summed E-state index contributed by atoms with van der Waals surface area (Å²) in [6, 6.07) is 0. The Kier molecular flexibility index (Phi) is 0.994. The lowest BCUT2D eigenvalue weighted by Crippen LogP contribution is -2.24. The van der Waals surface area contributed by atoms with Crippen LogP contribution >= 0.6 is 0 Å². The topological polar surface area (TPSA) is 26.0 Å². The highest BCUT2D eigenvalue weighted by molar-refractivity contribution is 5.17. The highest BCUT2D eigenvalue weighted by Crippen LogP contribution is 2.69. The molecule has 0 amide bonds. The lowest BCUT2D eigenvalue weighted by Gasteiger charge is -2.10. The number of alkyl halides is 2. The van der Waals surface area contributed by atoms with E-state index >= 15 is 0 Å². The fourth-order valence-electron chi connectivity index (χ4n) is 1.82. The van der Waals surface area contributed by atoms with Gasteiger partial charge in [-0.1, -0.05) is 0 Å². The van der Waals surface area contributed by atoms with E-state index in [1.807, 2.05) is 0 Å². The second-order valence-electron chi connectivity index (χ2n) is 3.52. The van der Waals surface area contributed by atoms with Gasteiger partial charge in [-0.3, -0.25) is 0 Å². The van der Waals surface area contributed by atoms with Gasteiger partial charge in [-0.15, -0.1) is 0 Å². The maximum atomic E-state index is 12.7. The Morgan fingerprint density at radius 1 is 1.40 bits per heavy atom. The molecule has 0 heterocycles. The molecule has 1 nitrogen and oxygen atoms in total. The predicted molar refractivity (Wildman–Crippen MR) is 33.8 cm³/mol. The average Bonchev–Trinajstić information content (AvgIpc) is 2.64. The lowest BCUT2D eigenvalue weighted by molar-refractivity contribution is 0.0583. The monoisotopic (exact) mass is 147 g/mol.